The zero-order valence-corrected chi connectivity index (χ0v) is 15.1. The van der Waals surface area contributed by atoms with Crippen LogP contribution in [-0.4, -0.2) is 42.3 Å². The second kappa shape index (κ2) is 5.94. The fraction of sp³-hybridized carbons (Fsp3) is 0.500. The first-order valence-electron chi connectivity index (χ1n) is 7.66. The summed E-state index contributed by atoms with van der Waals surface area (Å²) in [5, 5.41) is 0.581. The third-order valence-corrected chi connectivity index (χ3v) is 7.41. The predicted octanol–water partition coefficient (Wildman–Crippen LogP) is 2.31. The zero-order valence-electron chi connectivity index (χ0n) is 13.4. The summed E-state index contributed by atoms with van der Waals surface area (Å²) in [5.41, 5.74) is 3.15. The van der Waals surface area contributed by atoms with Crippen molar-refractivity contribution in [2.45, 2.75) is 38.5 Å². The molecule has 0 aromatic heterocycles. The van der Waals surface area contributed by atoms with Gasteiger partial charge in [0.2, 0.25) is 5.91 Å². The van der Waals surface area contributed by atoms with Crippen molar-refractivity contribution >= 4 is 38.4 Å². The van der Waals surface area contributed by atoms with E-state index in [9.17, 15) is 13.2 Å². The highest BCUT2D eigenvalue weighted by Crippen LogP contribution is 2.42. The number of amides is 1. The number of hydrogen-bond acceptors (Lipinski definition) is 4. The van der Waals surface area contributed by atoms with Crippen molar-refractivity contribution in [3.8, 4) is 0 Å². The molecular weight excluding hydrogens is 332 g/mol. The van der Waals surface area contributed by atoms with Crippen molar-refractivity contribution in [2.75, 3.05) is 16.4 Å². The second-order valence-corrected chi connectivity index (χ2v) is 9.46. The van der Waals surface area contributed by atoms with Crippen LogP contribution in [-0.2, 0) is 14.6 Å². The van der Waals surface area contributed by atoms with Crippen molar-refractivity contribution in [3.63, 3.8) is 0 Å². The Morgan fingerprint density at radius 3 is 2.74 bits per heavy atom. The van der Waals surface area contributed by atoms with E-state index in [2.05, 4.69) is 11.1 Å². The molecule has 0 radical (unpaired) electrons. The maximum atomic E-state index is 12.0. The van der Waals surface area contributed by atoms with Crippen molar-refractivity contribution in [1.29, 1.82) is 0 Å². The van der Waals surface area contributed by atoms with Crippen LogP contribution in [0.4, 0.5) is 5.69 Å². The molecule has 23 heavy (non-hydrogen) atoms. The summed E-state index contributed by atoms with van der Waals surface area (Å²) in [7, 11) is -3.03. The Balaban J connectivity index is 2.06. The second-order valence-electron chi connectivity index (χ2n) is 6.10. The molecule has 2 heterocycles. The molecule has 2 atom stereocenters. The van der Waals surface area contributed by atoms with Gasteiger partial charge >= 0.3 is 0 Å². The van der Waals surface area contributed by atoms with Crippen molar-refractivity contribution < 1.29 is 13.2 Å². The first kappa shape index (κ1) is 16.5. The third kappa shape index (κ3) is 3.17. The molecule has 3 rings (SSSR count). The number of nitrogens with zero attached hydrogens (tertiary/aromatic N) is 2. The van der Waals surface area contributed by atoms with E-state index < -0.39 is 9.84 Å². The number of fused-ring (bicyclic) bond motifs is 1. The molecule has 0 saturated carbocycles. The van der Waals surface area contributed by atoms with Gasteiger partial charge in [-0.05, 0) is 25.5 Å². The molecule has 2 saturated heterocycles. The number of benzene rings is 1. The highest BCUT2D eigenvalue weighted by molar-refractivity contribution is 8.16. The molecule has 124 valence electrons. The number of carbonyl (C=O) groups is 1. The van der Waals surface area contributed by atoms with Crippen LogP contribution in [0.2, 0.25) is 0 Å². The van der Waals surface area contributed by atoms with Gasteiger partial charge in [0.05, 0.1) is 17.5 Å². The topological polar surface area (TPSA) is 66.8 Å². The molecular formula is C16H20N2O3S2. The Bertz CT molecular complexity index is 787. The highest BCUT2D eigenvalue weighted by atomic mass is 32.2. The Kier molecular flexibility index (Phi) is 4.27. The van der Waals surface area contributed by atoms with Gasteiger partial charge in [-0.1, -0.05) is 36.4 Å². The normalized spacial score (nSPS) is 27.4. The Morgan fingerprint density at radius 1 is 1.35 bits per heavy atom. The monoisotopic (exact) mass is 352 g/mol. The van der Waals surface area contributed by atoms with Gasteiger partial charge in [-0.2, -0.15) is 4.99 Å². The van der Waals surface area contributed by atoms with Crippen LogP contribution in [0.15, 0.2) is 23.2 Å². The van der Waals surface area contributed by atoms with Gasteiger partial charge < -0.3 is 4.90 Å². The quantitative estimate of drug-likeness (QED) is 0.817. The third-order valence-electron chi connectivity index (χ3n) is 4.20. The number of amidine groups is 1. The van der Waals surface area contributed by atoms with Gasteiger partial charge in [-0.15, -0.1) is 0 Å². The number of aryl methyl sites for hydroxylation is 2. The van der Waals surface area contributed by atoms with Gasteiger partial charge in [-0.3, -0.25) is 4.79 Å². The first-order valence-corrected chi connectivity index (χ1v) is 10.4. The van der Waals surface area contributed by atoms with E-state index in [1.54, 1.807) is 6.92 Å². The molecule has 1 amide bonds. The smallest absolute Gasteiger partial charge is 0.247 e. The maximum Gasteiger partial charge on any atom is 0.247 e. The van der Waals surface area contributed by atoms with Crippen molar-refractivity contribution in [1.82, 2.24) is 0 Å². The standard InChI is InChI=1S/C16H20N2O3S2/c1-4-15(19)17-16-18(12-6-5-10(2)7-11(12)3)13-8-23(20,21)9-14(13)22-16/h5-7,13-14H,4,8-9H2,1-3H3/t13-,14-/m1/s1. The summed E-state index contributed by atoms with van der Waals surface area (Å²) in [4.78, 5) is 18.0. The molecule has 2 aliphatic heterocycles. The van der Waals surface area contributed by atoms with Crippen LogP contribution in [0.25, 0.3) is 0 Å². The van der Waals surface area contributed by atoms with E-state index in [0.29, 0.717) is 11.6 Å². The zero-order chi connectivity index (χ0) is 16.8. The SMILES string of the molecule is CCC(=O)N=C1S[C@@H]2CS(=O)(=O)C[C@H]2N1c1ccc(C)cc1C. The lowest BCUT2D eigenvalue weighted by Crippen LogP contribution is -2.38. The molecule has 1 aromatic rings. The lowest BCUT2D eigenvalue weighted by molar-refractivity contribution is -0.117. The van der Waals surface area contributed by atoms with Crippen molar-refractivity contribution in [2.24, 2.45) is 4.99 Å². The number of thioether (sulfide) groups is 1. The summed E-state index contributed by atoms with van der Waals surface area (Å²) in [6.07, 6.45) is 0.346. The molecule has 0 bridgehead atoms. The summed E-state index contributed by atoms with van der Waals surface area (Å²) in [6.45, 7) is 5.80. The number of carbonyl (C=O) groups excluding carboxylic acids is 1. The van der Waals surface area contributed by atoms with Gasteiger partial charge in [0.1, 0.15) is 0 Å². The van der Waals surface area contributed by atoms with Crippen molar-refractivity contribution in [3.05, 3.63) is 29.3 Å². The van der Waals surface area contributed by atoms with E-state index in [-0.39, 0.29) is 28.7 Å². The largest absolute Gasteiger partial charge is 0.315 e. The Hall–Kier alpha value is -1.34. The van der Waals surface area contributed by atoms with Crippen LogP contribution in [0, 0.1) is 13.8 Å². The highest BCUT2D eigenvalue weighted by Gasteiger charge is 2.49. The van der Waals surface area contributed by atoms with Gasteiger partial charge in [0.15, 0.2) is 15.0 Å². The minimum atomic E-state index is -3.03. The van der Waals surface area contributed by atoms with Gasteiger partial charge in [0, 0.05) is 17.4 Å². The summed E-state index contributed by atoms with van der Waals surface area (Å²) in [6, 6.07) is 5.92. The number of aliphatic imine (C=N–C) groups is 1. The van der Waals surface area contributed by atoms with E-state index in [1.165, 1.54) is 11.8 Å². The van der Waals surface area contributed by atoms with Crippen LogP contribution >= 0.6 is 11.8 Å². The average molecular weight is 352 g/mol. The number of rotatable bonds is 2. The van der Waals surface area contributed by atoms with E-state index in [1.807, 2.05) is 30.9 Å². The maximum absolute atomic E-state index is 12.0. The molecule has 7 heteroatoms. The van der Waals surface area contributed by atoms with Crippen LogP contribution in [0.3, 0.4) is 0 Å². The fourth-order valence-electron chi connectivity index (χ4n) is 3.11. The summed E-state index contributed by atoms with van der Waals surface area (Å²) < 4.78 is 24.0. The van der Waals surface area contributed by atoms with Gasteiger partial charge in [-0.25, -0.2) is 8.42 Å². The number of hydrogen-bond donors (Lipinski definition) is 0. The average Bonchev–Trinajstić information content (AvgIpc) is 2.91. The summed E-state index contributed by atoms with van der Waals surface area (Å²) in [5.74, 6) is 0.102. The first-order chi connectivity index (χ1) is 10.8. The molecule has 5 nitrogen and oxygen atoms in total. The minimum Gasteiger partial charge on any atom is -0.315 e. The molecule has 2 aliphatic rings. The van der Waals surface area contributed by atoms with E-state index >= 15 is 0 Å². The van der Waals surface area contributed by atoms with E-state index in [4.69, 9.17) is 0 Å². The van der Waals surface area contributed by atoms with Crippen LogP contribution in [0.5, 0.6) is 0 Å². The molecule has 0 unspecified atom stereocenters. The molecule has 2 fully saturated rings. The predicted molar refractivity (Wildman–Crippen MR) is 94.9 cm³/mol. The molecule has 0 N–H and O–H groups in total. The molecule has 0 aliphatic carbocycles. The summed E-state index contributed by atoms with van der Waals surface area (Å²) >= 11 is 1.42. The lowest BCUT2D eigenvalue weighted by Gasteiger charge is -2.26. The van der Waals surface area contributed by atoms with E-state index in [0.717, 1.165) is 16.8 Å². The Labute approximate surface area is 141 Å². The van der Waals surface area contributed by atoms with Gasteiger partial charge in [0.25, 0.3) is 0 Å². The molecule has 0 spiro atoms. The minimum absolute atomic E-state index is 0.0518. The number of anilines is 1. The van der Waals surface area contributed by atoms with Crippen LogP contribution < -0.4 is 4.90 Å². The van der Waals surface area contributed by atoms with Crippen LogP contribution in [0.1, 0.15) is 24.5 Å². The fourth-order valence-corrected chi connectivity index (χ4v) is 7.03. The number of sulfone groups is 1. The Morgan fingerprint density at radius 2 is 2.09 bits per heavy atom. The lowest BCUT2D eigenvalue weighted by atomic mass is 10.1. The molecule has 1 aromatic carbocycles.